The molecular formula is C14H21NO5S. The molecule has 0 aromatic heterocycles. The van der Waals surface area contributed by atoms with Crippen LogP contribution >= 0.6 is 0 Å². The summed E-state index contributed by atoms with van der Waals surface area (Å²) in [6.07, 6.45) is 0.225. The molecule has 0 unspecified atom stereocenters. The van der Waals surface area contributed by atoms with Gasteiger partial charge < -0.3 is 9.84 Å². The molecule has 0 bridgehead atoms. The highest BCUT2D eigenvalue weighted by atomic mass is 32.2. The lowest BCUT2D eigenvalue weighted by Gasteiger charge is -2.17. The zero-order valence-corrected chi connectivity index (χ0v) is 13.3. The summed E-state index contributed by atoms with van der Waals surface area (Å²) in [6, 6.07) is 4.70. The highest BCUT2D eigenvalue weighted by Crippen LogP contribution is 2.23. The van der Waals surface area contributed by atoms with Crippen molar-refractivity contribution in [2.45, 2.75) is 31.6 Å². The number of carbonyl (C=O) groups is 1. The van der Waals surface area contributed by atoms with Gasteiger partial charge in [0.05, 0.1) is 11.5 Å². The van der Waals surface area contributed by atoms with E-state index in [9.17, 15) is 13.2 Å². The van der Waals surface area contributed by atoms with Gasteiger partial charge in [0.2, 0.25) is 10.0 Å². The van der Waals surface area contributed by atoms with Gasteiger partial charge in [-0.05, 0) is 44.0 Å². The van der Waals surface area contributed by atoms with Crippen molar-refractivity contribution in [1.82, 2.24) is 4.31 Å². The second-order valence-corrected chi connectivity index (χ2v) is 6.73. The Morgan fingerprint density at radius 2 is 2.05 bits per heavy atom. The predicted octanol–water partition coefficient (Wildman–Crippen LogP) is 1.88. The van der Waals surface area contributed by atoms with Crippen LogP contribution in [0.5, 0.6) is 5.75 Å². The Hall–Kier alpha value is -1.60. The van der Waals surface area contributed by atoms with Crippen molar-refractivity contribution < 1.29 is 23.1 Å². The molecule has 1 rings (SSSR count). The standard InChI is InChI=1S/C14H21NO5S/c1-4-20-13-8-7-12(10-11(13)2)21(18,19)15(3)9-5-6-14(16)17/h7-8,10H,4-6,9H2,1-3H3,(H,16,17). The fourth-order valence-electron chi connectivity index (χ4n) is 1.85. The SMILES string of the molecule is CCOc1ccc(S(=O)(=O)N(C)CCCC(=O)O)cc1C. The fourth-order valence-corrected chi connectivity index (χ4v) is 3.15. The van der Waals surface area contributed by atoms with E-state index in [-0.39, 0.29) is 24.3 Å². The van der Waals surface area contributed by atoms with Crippen LogP contribution < -0.4 is 4.74 Å². The zero-order chi connectivity index (χ0) is 16.0. The quantitative estimate of drug-likeness (QED) is 0.792. The molecule has 0 radical (unpaired) electrons. The van der Waals surface area contributed by atoms with Crippen molar-refractivity contribution in [3.05, 3.63) is 23.8 Å². The Labute approximate surface area is 125 Å². The van der Waals surface area contributed by atoms with Gasteiger partial charge in [0.1, 0.15) is 5.75 Å². The summed E-state index contributed by atoms with van der Waals surface area (Å²) >= 11 is 0. The maximum atomic E-state index is 12.4. The van der Waals surface area contributed by atoms with Gasteiger partial charge in [-0.25, -0.2) is 12.7 Å². The first-order valence-electron chi connectivity index (χ1n) is 6.70. The molecule has 1 aromatic carbocycles. The van der Waals surface area contributed by atoms with E-state index in [2.05, 4.69) is 0 Å². The van der Waals surface area contributed by atoms with Gasteiger partial charge >= 0.3 is 5.97 Å². The summed E-state index contributed by atoms with van der Waals surface area (Å²) in [5, 5.41) is 8.58. The van der Waals surface area contributed by atoms with Gasteiger partial charge in [-0.2, -0.15) is 0 Å². The topological polar surface area (TPSA) is 83.9 Å². The number of aliphatic carboxylic acids is 1. The van der Waals surface area contributed by atoms with E-state index in [1.165, 1.54) is 17.4 Å². The molecule has 0 saturated heterocycles. The number of sulfonamides is 1. The summed E-state index contributed by atoms with van der Waals surface area (Å²) in [5.41, 5.74) is 0.747. The first-order chi connectivity index (χ1) is 9.78. The van der Waals surface area contributed by atoms with Crippen LogP contribution in [0.1, 0.15) is 25.3 Å². The molecule has 1 N–H and O–H groups in total. The molecule has 0 aliphatic carbocycles. The summed E-state index contributed by atoms with van der Waals surface area (Å²) < 4.78 is 31.3. The highest BCUT2D eigenvalue weighted by molar-refractivity contribution is 7.89. The normalized spacial score (nSPS) is 11.6. The fraction of sp³-hybridized carbons (Fsp3) is 0.500. The molecule has 0 aliphatic rings. The summed E-state index contributed by atoms with van der Waals surface area (Å²) in [4.78, 5) is 10.6. The monoisotopic (exact) mass is 315 g/mol. The first kappa shape index (κ1) is 17.5. The number of rotatable bonds is 8. The number of carboxylic acids is 1. The first-order valence-corrected chi connectivity index (χ1v) is 8.14. The van der Waals surface area contributed by atoms with Crippen LogP contribution in [0.3, 0.4) is 0 Å². The van der Waals surface area contributed by atoms with Crippen molar-refractivity contribution in [3.8, 4) is 5.75 Å². The highest BCUT2D eigenvalue weighted by Gasteiger charge is 2.21. The van der Waals surface area contributed by atoms with Crippen LogP contribution in [0.4, 0.5) is 0 Å². The van der Waals surface area contributed by atoms with E-state index in [1.54, 1.807) is 19.1 Å². The molecule has 118 valence electrons. The van der Waals surface area contributed by atoms with Crippen molar-refractivity contribution in [2.24, 2.45) is 0 Å². The molecule has 0 spiro atoms. The van der Waals surface area contributed by atoms with Crippen LogP contribution in [-0.4, -0.2) is 44.0 Å². The van der Waals surface area contributed by atoms with Crippen molar-refractivity contribution in [2.75, 3.05) is 20.2 Å². The van der Waals surface area contributed by atoms with E-state index in [0.717, 1.165) is 5.56 Å². The minimum Gasteiger partial charge on any atom is -0.494 e. The van der Waals surface area contributed by atoms with Crippen LogP contribution in [0.15, 0.2) is 23.1 Å². The molecule has 0 fully saturated rings. The van der Waals surface area contributed by atoms with Gasteiger partial charge in [0.25, 0.3) is 0 Å². The van der Waals surface area contributed by atoms with Crippen LogP contribution in [0.2, 0.25) is 0 Å². The average Bonchev–Trinajstić information content (AvgIpc) is 2.40. The van der Waals surface area contributed by atoms with Gasteiger partial charge in [0.15, 0.2) is 0 Å². The third kappa shape index (κ3) is 4.71. The molecule has 0 saturated carbocycles. The van der Waals surface area contributed by atoms with E-state index in [0.29, 0.717) is 12.4 Å². The molecule has 1 aromatic rings. The molecule has 0 amide bonds. The van der Waals surface area contributed by atoms with Gasteiger partial charge in [0, 0.05) is 20.0 Å². The lowest BCUT2D eigenvalue weighted by molar-refractivity contribution is -0.137. The number of carboxylic acid groups (broad SMARTS) is 1. The van der Waals surface area contributed by atoms with Crippen molar-refractivity contribution in [1.29, 1.82) is 0 Å². The maximum Gasteiger partial charge on any atom is 0.303 e. The number of ether oxygens (including phenoxy) is 1. The number of aryl methyl sites for hydroxylation is 1. The molecule has 0 heterocycles. The Bertz CT molecular complexity index is 597. The van der Waals surface area contributed by atoms with E-state index < -0.39 is 16.0 Å². The largest absolute Gasteiger partial charge is 0.494 e. The van der Waals surface area contributed by atoms with Gasteiger partial charge in [-0.1, -0.05) is 0 Å². The summed E-state index contributed by atoms with van der Waals surface area (Å²) in [7, 11) is -2.16. The van der Waals surface area contributed by atoms with Crippen molar-refractivity contribution >= 4 is 16.0 Å². The lowest BCUT2D eigenvalue weighted by atomic mass is 10.2. The third-order valence-corrected chi connectivity index (χ3v) is 4.87. The van der Waals surface area contributed by atoms with Gasteiger partial charge in [-0.15, -0.1) is 0 Å². The Kier molecular flexibility index (Phi) is 6.17. The minimum absolute atomic E-state index is 0.0534. The smallest absolute Gasteiger partial charge is 0.303 e. The van der Waals surface area contributed by atoms with E-state index in [1.807, 2.05) is 6.92 Å². The second kappa shape index (κ2) is 7.42. The van der Waals surface area contributed by atoms with E-state index in [4.69, 9.17) is 9.84 Å². The average molecular weight is 315 g/mol. The zero-order valence-electron chi connectivity index (χ0n) is 12.5. The summed E-state index contributed by atoms with van der Waals surface area (Å²) in [6.45, 7) is 4.33. The molecule has 21 heavy (non-hydrogen) atoms. The second-order valence-electron chi connectivity index (χ2n) is 4.68. The number of hydrogen-bond acceptors (Lipinski definition) is 4. The summed E-state index contributed by atoms with van der Waals surface area (Å²) in [5.74, 6) is -0.275. The molecular weight excluding hydrogens is 294 g/mol. The molecule has 0 aliphatic heterocycles. The van der Waals surface area contributed by atoms with Crippen LogP contribution in [0, 0.1) is 6.92 Å². The predicted molar refractivity (Wildman–Crippen MR) is 79.0 cm³/mol. The number of nitrogens with zero attached hydrogens (tertiary/aromatic N) is 1. The molecule has 7 heteroatoms. The number of hydrogen-bond donors (Lipinski definition) is 1. The minimum atomic E-state index is -3.61. The molecule has 0 atom stereocenters. The van der Waals surface area contributed by atoms with Crippen molar-refractivity contribution in [3.63, 3.8) is 0 Å². The Balaban J connectivity index is 2.86. The van der Waals surface area contributed by atoms with Gasteiger partial charge in [-0.3, -0.25) is 4.79 Å². The lowest BCUT2D eigenvalue weighted by Crippen LogP contribution is -2.28. The molecule has 6 nitrogen and oxygen atoms in total. The maximum absolute atomic E-state index is 12.4. The van der Waals surface area contributed by atoms with Crippen LogP contribution in [-0.2, 0) is 14.8 Å². The third-order valence-electron chi connectivity index (χ3n) is 3.02. The Morgan fingerprint density at radius 3 is 2.57 bits per heavy atom. The Morgan fingerprint density at radius 1 is 1.38 bits per heavy atom. The number of benzene rings is 1. The van der Waals surface area contributed by atoms with Crippen LogP contribution in [0.25, 0.3) is 0 Å². The van der Waals surface area contributed by atoms with E-state index >= 15 is 0 Å².